The van der Waals surface area contributed by atoms with Gasteiger partial charge in [-0.3, -0.25) is 4.79 Å². The molecule has 1 saturated carbocycles. The van der Waals surface area contributed by atoms with E-state index in [0.29, 0.717) is 11.7 Å². The minimum Gasteiger partial charge on any atom is -0.333 e. The smallest absolute Gasteiger partial charge is 0.166 e. The Kier molecular flexibility index (Phi) is 3.37. The van der Waals surface area contributed by atoms with Gasteiger partial charge in [0.2, 0.25) is 0 Å². The van der Waals surface area contributed by atoms with E-state index in [1.165, 1.54) is 0 Å². The second-order valence-corrected chi connectivity index (χ2v) is 5.84. The second-order valence-electron chi connectivity index (χ2n) is 4.75. The Bertz CT molecular complexity index is 531. The van der Waals surface area contributed by atoms with E-state index >= 15 is 0 Å². The molecule has 4 heteroatoms. The average molecular weight is 260 g/mol. The number of hydrogen-bond donors (Lipinski definition) is 1. The van der Waals surface area contributed by atoms with Gasteiger partial charge in [-0.05, 0) is 31.4 Å². The molecule has 1 aromatic heterocycles. The van der Waals surface area contributed by atoms with Crippen LogP contribution in [0.3, 0.4) is 0 Å². The van der Waals surface area contributed by atoms with Gasteiger partial charge in [-0.1, -0.05) is 23.9 Å². The van der Waals surface area contributed by atoms with E-state index in [4.69, 9.17) is 0 Å². The lowest BCUT2D eigenvalue weighted by Gasteiger charge is -2.05. The number of nitrogens with one attached hydrogen (secondary N) is 1. The fourth-order valence-corrected chi connectivity index (χ4v) is 3.43. The molecule has 0 aliphatic heterocycles. The first kappa shape index (κ1) is 11.8. The van der Waals surface area contributed by atoms with Crippen molar-refractivity contribution in [3.05, 3.63) is 24.3 Å². The highest BCUT2D eigenvalue weighted by molar-refractivity contribution is 7.99. The number of fused-ring (bicyclic) bond motifs is 1. The Morgan fingerprint density at radius 3 is 3.06 bits per heavy atom. The van der Waals surface area contributed by atoms with Crippen molar-refractivity contribution in [2.75, 3.05) is 5.75 Å². The van der Waals surface area contributed by atoms with Crippen molar-refractivity contribution in [2.24, 2.45) is 5.92 Å². The summed E-state index contributed by atoms with van der Waals surface area (Å²) in [6, 6.07) is 8.05. The first-order valence-corrected chi connectivity index (χ1v) is 7.42. The summed E-state index contributed by atoms with van der Waals surface area (Å²) in [6.45, 7) is 0. The molecule has 0 spiro atoms. The van der Waals surface area contributed by atoms with E-state index in [-0.39, 0.29) is 0 Å². The van der Waals surface area contributed by atoms with E-state index in [1.54, 1.807) is 11.8 Å². The summed E-state index contributed by atoms with van der Waals surface area (Å²) in [7, 11) is 0. The largest absolute Gasteiger partial charge is 0.333 e. The Morgan fingerprint density at radius 2 is 2.28 bits per heavy atom. The number of Topliss-reactive ketones (excluding diaryl/α,β-unsaturated/α-hetero) is 1. The zero-order chi connectivity index (χ0) is 12.4. The number of aromatic nitrogens is 2. The van der Waals surface area contributed by atoms with Gasteiger partial charge in [0.1, 0.15) is 5.78 Å². The molecule has 0 radical (unpaired) electrons. The number of imidazole rings is 1. The minimum absolute atomic E-state index is 0.307. The molecule has 1 aliphatic carbocycles. The van der Waals surface area contributed by atoms with E-state index in [0.717, 1.165) is 47.6 Å². The lowest BCUT2D eigenvalue weighted by Crippen LogP contribution is -2.06. The lowest BCUT2D eigenvalue weighted by atomic mass is 10.1. The number of thioether (sulfide) groups is 1. The quantitative estimate of drug-likeness (QED) is 0.857. The number of aromatic amines is 1. The Morgan fingerprint density at radius 1 is 1.39 bits per heavy atom. The molecule has 1 atom stereocenters. The van der Waals surface area contributed by atoms with Crippen LogP contribution in [0, 0.1) is 5.92 Å². The van der Waals surface area contributed by atoms with Gasteiger partial charge in [0.25, 0.3) is 0 Å². The number of carbonyl (C=O) groups excluding carboxylic acids is 1. The molecule has 18 heavy (non-hydrogen) atoms. The lowest BCUT2D eigenvalue weighted by molar-refractivity contribution is -0.120. The predicted molar refractivity (Wildman–Crippen MR) is 73.8 cm³/mol. The zero-order valence-electron chi connectivity index (χ0n) is 10.2. The molecule has 0 saturated heterocycles. The van der Waals surface area contributed by atoms with Crippen LogP contribution >= 0.6 is 11.8 Å². The van der Waals surface area contributed by atoms with Crippen molar-refractivity contribution in [3.63, 3.8) is 0 Å². The Labute approximate surface area is 110 Å². The van der Waals surface area contributed by atoms with Gasteiger partial charge in [0.05, 0.1) is 11.0 Å². The van der Waals surface area contributed by atoms with Crippen LogP contribution in [0.15, 0.2) is 29.4 Å². The molecular weight excluding hydrogens is 244 g/mol. The zero-order valence-corrected chi connectivity index (χ0v) is 11.0. The topological polar surface area (TPSA) is 45.8 Å². The number of hydrogen-bond acceptors (Lipinski definition) is 3. The molecule has 94 valence electrons. The standard InChI is InChI=1S/C14H16N2OS/c17-13-7-3-4-10(13)8-9-18-14-15-11-5-1-2-6-12(11)16-14/h1-2,5-6,10H,3-4,7-9H2,(H,15,16). The molecule has 1 aromatic carbocycles. The maximum atomic E-state index is 11.5. The average Bonchev–Trinajstić information content (AvgIpc) is 2.96. The van der Waals surface area contributed by atoms with Crippen LogP contribution in [0.1, 0.15) is 25.7 Å². The molecule has 0 amide bonds. The van der Waals surface area contributed by atoms with E-state index in [2.05, 4.69) is 9.97 Å². The SMILES string of the molecule is O=C1CCCC1CCSc1nc2ccccc2[nH]1. The summed E-state index contributed by atoms with van der Waals surface area (Å²) in [4.78, 5) is 19.3. The monoisotopic (exact) mass is 260 g/mol. The maximum Gasteiger partial charge on any atom is 0.166 e. The highest BCUT2D eigenvalue weighted by Crippen LogP contribution is 2.27. The van der Waals surface area contributed by atoms with Crippen LogP contribution < -0.4 is 0 Å². The van der Waals surface area contributed by atoms with Gasteiger partial charge < -0.3 is 4.98 Å². The number of carbonyl (C=O) groups is 1. The molecule has 1 fully saturated rings. The van der Waals surface area contributed by atoms with Crippen molar-refractivity contribution in [2.45, 2.75) is 30.8 Å². The van der Waals surface area contributed by atoms with Gasteiger partial charge in [-0.2, -0.15) is 0 Å². The molecule has 1 heterocycles. The maximum absolute atomic E-state index is 11.5. The van der Waals surface area contributed by atoms with Gasteiger partial charge in [0.15, 0.2) is 5.16 Å². The van der Waals surface area contributed by atoms with Crippen LogP contribution in [0.4, 0.5) is 0 Å². The van der Waals surface area contributed by atoms with Crippen molar-refractivity contribution >= 4 is 28.6 Å². The highest BCUT2D eigenvalue weighted by atomic mass is 32.2. The van der Waals surface area contributed by atoms with Crippen LogP contribution in [-0.4, -0.2) is 21.5 Å². The second kappa shape index (κ2) is 5.14. The van der Waals surface area contributed by atoms with Gasteiger partial charge in [-0.25, -0.2) is 4.98 Å². The summed E-state index contributed by atoms with van der Waals surface area (Å²) >= 11 is 1.72. The van der Waals surface area contributed by atoms with E-state index < -0.39 is 0 Å². The van der Waals surface area contributed by atoms with E-state index in [1.807, 2.05) is 24.3 Å². The Hall–Kier alpha value is -1.29. The third-order valence-electron chi connectivity index (χ3n) is 3.50. The van der Waals surface area contributed by atoms with Crippen molar-refractivity contribution in [3.8, 4) is 0 Å². The van der Waals surface area contributed by atoms with E-state index in [9.17, 15) is 4.79 Å². The predicted octanol–water partition coefficient (Wildman–Crippen LogP) is 3.41. The third kappa shape index (κ3) is 2.43. The molecule has 2 aromatic rings. The summed E-state index contributed by atoms with van der Waals surface area (Å²) in [5, 5.41) is 0.960. The fourth-order valence-electron chi connectivity index (χ4n) is 2.49. The van der Waals surface area contributed by atoms with Crippen LogP contribution in [0.5, 0.6) is 0 Å². The van der Waals surface area contributed by atoms with Crippen LogP contribution in [0.2, 0.25) is 0 Å². The third-order valence-corrected chi connectivity index (χ3v) is 4.41. The summed E-state index contributed by atoms with van der Waals surface area (Å²) in [5.41, 5.74) is 2.09. The van der Waals surface area contributed by atoms with Crippen LogP contribution in [0.25, 0.3) is 11.0 Å². The highest BCUT2D eigenvalue weighted by Gasteiger charge is 2.23. The number of H-pyrrole nitrogens is 1. The summed E-state index contributed by atoms with van der Waals surface area (Å²) in [5.74, 6) is 1.73. The van der Waals surface area contributed by atoms with Crippen molar-refractivity contribution < 1.29 is 4.79 Å². The van der Waals surface area contributed by atoms with Crippen molar-refractivity contribution in [1.82, 2.24) is 9.97 Å². The molecule has 1 unspecified atom stereocenters. The molecule has 3 rings (SSSR count). The van der Waals surface area contributed by atoms with Gasteiger partial charge in [0, 0.05) is 18.1 Å². The van der Waals surface area contributed by atoms with Gasteiger partial charge in [-0.15, -0.1) is 0 Å². The number of ketones is 1. The minimum atomic E-state index is 0.307. The van der Waals surface area contributed by atoms with Crippen molar-refractivity contribution in [1.29, 1.82) is 0 Å². The molecule has 1 N–H and O–H groups in total. The first-order chi connectivity index (χ1) is 8.83. The number of rotatable bonds is 4. The first-order valence-electron chi connectivity index (χ1n) is 6.43. The summed E-state index contributed by atoms with van der Waals surface area (Å²) < 4.78 is 0. The molecular formula is C14H16N2OS. The molecule has 3 nitrogen and oxygen atoms in total. The fraction of sp³-hybridized carbons (Fsp3) is 0.429. The number of benzene rings is 1. The molecule has 0 bridgehead atoms. The number of para-hydroxylation sites is 2. The normalized spacial score (nSPS) is 19.8. The summed E-state index contributed by atoms with van der Waals surface area (Å²) in [6.07, 6.45) is 3.94. The van der Waals surface area contributed by atoms with Gasteiger partial charge >= 0.3 is 0 Å². The van der Waals surface area contributed by atoms with Crippen LogP contribution in [-0.2, 0) is 4.79 Å². The number of nitrogens with zero attached hydrogens (tertiary/aromatic N) is 1. The molecule has 1 aliphatic rings. The Balaban J connectivity index is 1.58.